The number of fused-ring (bicyclic) bond motifs is 7. The van der Waals surface area contributed by atoms with Crippen LogP contribution in [0.5, 0.6) is 0 Å². The SMILES string of the molecule is CCCC1O[C@@H]2C[C@H]3[C@@H]4CCC5=CC(=O)C=C[C@]5(C)[C@H]4[C@@H](O)C[C@]3(C)[C@]2(C(=O)COC2CCCC(CO)O2)O1. The van der Waals surface area contributed by atoms with Crippen LogP contribution in [0, 0.1) is 28.6 Å². The molecule has 0 amide bonds. The number of rotatable bonds is 7. The highest BCUT2D eigenvalue weighted by Crippen LogP contribution is 2.69. The van der Waals surface area contributed by atoms with E-state index < -0.39 is 35.8 Å². The topological polar surface area (TPSA) is 112 Å². The average molecular weight is 545 g/mol. The Balaban J connectivity index is 1.30. The zero-order chi connectivity index (χ0) is 27.6. The van der Waals surface area contributed by atoms with Gasteiger partial charge in [-0.2, -0.15) is 0 Å². The predicted octanol–water partition coefficient (Wildman–Crippen LogP) is 3.63. The quantitative estimate of drug-likeness (QED) is 0.500. The molecule has 0 aromatic rings. The summed E-state index contributed by atoms with van der Waals surface area (Å²) >= 11 is 0. The van der Waals surface area contributed by atoms with Gasteiger partial charge in [-0.25, -0.2) is 0 Å². The fourth-order valence-corrected chi connectivity index (χ4v) is 9.40. The van der Waals surface area contributed by atoms with Crippen molar-refractivity contribution in [3.05, 3.63) is 23.8 Å². The zero-order valence-corrected chi connectivity index (χ0v) is 23.5. The lowest BCUT2D eigenvalue weighted by Crippen LogP contribution is -2.63. The van der Waals surface area contributed by atoms with Crippen molar-refractivity contribution in [1.29, 1.82) is 0 Å². The molecule has 2 aliphatic heterocycles. The minimum Gasteiger partial charge on any atom is -0.394 e. The molecule has 2 heterocycles. The molecule has 0 aromatic carbocycles. The molecule has 2 saturated heterocycles. The molecule has 11 atom stereocenters. The van der Waals surface area contributed by atoms with Gasteiger partial charge in [0.15, 0.2) is 29.7 Å². The first kappa shape index (κ1) is 27.7. The van der Waals surface area contributed by atoms with E-state index >= 15 is 0 Å². The van der Waals surface area contributed by atoms with Gasteiger partial charge >= 0.3 is 0 Å². The van der Waals surface area contributed by atoms with Crippen molar-refractivity contribution < 1.29 is 38.7 Å². The molecule has 3 saturated carbocycles. The number of carbonyl (C=O) groups is 2. The molecule has 5 fully saturated rings. The van der Waals surface area contributed by atoms with E-state index in [9.17, 15) is 19.8 Å². The summed E-state index contributed by atoms with van der Waals surface area (Å²) in [6.45, 7) is 6.15. The van der Waals surface area contributed by atoms with Gasteiger partial charge in [0, 0.05) is 16.7 Å². The van der Waals surface area contributed by atoms with Crippen LogP contribution in [0.15, 0.2) is 23.8 Å². The third kappa shape index (κ3) is 4.16. The second-order valence-corrected chi connectivity index (χ2v) is 13.2. The summed E-state index contributed by atoms with van der Waals surface area (Å²) in [6, 6.07) is 0. The van der Waals surface area contributed by atoms with Crippen LogP contribution in [0.3, 0.4) is 0 Å². The molecule has 2 N–H and O–H groups in total. The van der Waals surface area contributed by atoms with E-state index in [1.165, 1.54) is 0 Å². The van der Waals surface area contributed by atoms with Crippen LogP contribution in [-0.2, 0) is 28.5 Å². The van der Waals surface area contributed by atoms with Crippen LogP contribution in [0.4, 0.5) is 0 Å². The van der Waals surface area contributed by atoms with Gasteiger partial charge < -0.3 is 29.2 Å². The van der Waals surface area contributed by atoms with Crippen molar-refractivity contribution in [2.75, 3.05) is 13.2 Å². The van der Waals surface area contributed by atoms with Crippen molar-refractivity contribution in [1.82, 2.24) is 0 Å². The Morgan fingerprint density at radius 3 is 2.79 bits per heavy atom. The highest BCUT2D eigenvalue weighted by molar-refractivity contribution is 6.01. The van der Waals surface area contributed by atoms with Crippen LogP contribution in [0.2, 0.25) is 0 Å². The van der Waals surface area contributed by atoms with Gasteiger partial charge in [0.1, 0.15) is 6.61 Å². The van der Waals surface area contributed by atoms with E-state index in [4.69, 9.17) is 18.9 Å². The van der Waals surface area contributed by atoms with Gasteiger partial charge in [-0.15, -0.1) is 0 Å². The summed E-state index contributed by atoms with van der Waals surface area (Å²) in [5.74, 6) is 0.171. The first-order chi connectivity index (χ1) is 18.7. The van der Waals surface area contributed by atoms with Gasteiger partial charge in [0.2, 0.25) is 0 Å². The molecule has 0 bridgehead atoms. The standard InChI is InChI=1S/C31H44O8/c1-4-6-27-38-25-14-22-21-10-9-18-13-19(33)11-12-29(18,2)28(21)23(34)15-30(22,3)31(25,39-27)24(35)17-36-26-8-5-7-20(16-32)37-26/h11-13,20-23,25-28,32,34H,4-10,14-17H2,1-3H3/t20?,21-,22-,23-,25+,26?,27?,28+,29-,30-,31+/m0/s1. The van der Waals surface area contributed by atoms with Crippen LogP contribution in [0.1, 0.15) is 78.6 Å². The number of carbonyl (C=O) groups excluding carboxylic acids is 2. The normalized spacial score (nSPS) is 48.6. The maximum absolute atomic E-state index is 14.3. The van der Waals surface area contributed by atoms with Crippen molar-refractivity contribution in [3.8, 4) is 0 Å². The molecule has 216 valence electrons. The Morgan fingerprint density at radius 2 is 2.03 bits per heavy atom. The summed E-state index contributed by atoms with van der Waals surface area (Å²) < 4.78 is 25.0. The van der Waals surface area contributed by atoms with Crippen molar-refractivity contribution in [3.63, 3.8) is 0 Å². The predicted molar refractivity (Wildman–Crippen MR) is 141 cm³/mol. The van der Waals surface area contributed by atoms with E-state index in [-0.39, 0.29) is 54.1 Å². The monoisotopic (exact) mass is 544 g/mol. The van der Waals surface area contributed by atoms with Crippen molar-refractivity contribution in [2.24, 2.45) is 28.6 Å². The van der Waals surface area contributed by atoms with E-state index in [1.54, 1.807) is 12.2 Å². The third-order valence-corrected chi connectivity index (χ3v) is 11.1. The molecule has 6 aliphatic rings. The lowest BCUT2D eigenvalue weighted by atomic mass is 9.46. The summed E-state index contributed by atoms with van der Waals surface area (Å²) in [6.07, 6.45) is 9.88. The molecule has 8 heteroatoms. The maximum Gasteiger partial charge on any atom is 0.193 e. The van der Waals surface area contributed by atoms with E-state index in [1.807, 2.05) is 6.08 Å². The second kappa shape index (κ2) is 10.1. The van der Waals surface area contributed by atoms with Gasteiger partial charge in [-0.1, -0.05) is 38.8 Å². The average Bonchev–Trinajstić information content (AvgIpc) is 3.39. The highest BCUT2D eigenvalue weighted by atomic mass is 16.7. The molecule has 0 spiro atoms. The second-order valence-electron chi connectivity index (χ2n) is 13.2. The van der Waals surface area contributed by atoms with Gasteiger partial charge in [0.25, 0.3) is 0 Å². The Kier molecular flexibility index (Phi) is 7.21. The summed E-state index contributed by atoms with van der Waals surface area (Å²) in [7, 11) is 0. The van der Waals surface area contributed by atoms with E-state index in [0.717, 1.165) is 37.7 Å². The lowest BCUT2D eigenvalue weighted by molar-refractivity contribution is -0.218. The molecular formula is C31H44O8. The first-order valence-corrected chi connectivity index (χ1v) is 15.0. The van der Waals surface area contributed by atoms with Crippen LogP contribution >= 0.6 is 0 Å². The molecular weight excluding hydrogens is 500 g/mol. The molecule has 6 rings (SSSR count). The summed E-state index contributed by atoms with van der Waals surface area (Å²) in [5.41, 5.74) is -1.07. The maximum atomic E-state index is 14.3. The molecule has 4 aliphatic carbocycles. The number of Topliss-reactive ketones (excluding diaryl/α,β-unsaturated/α-hetero) is 1. The van der Waals surface area contributed by atoms with Crippen molar-refractivity contribution in [2.45, 2.75) is 115 Å². The van der Waals surface area contributed by atoms with Crippen molar-refractivity contribution >= 4 is 11.6 Å². The number of hydrogen-bond acceptors (Lipinski definition) is 8. The number of aliphatic hydroxyl groups excluding tert-OH is 2. The molecule has 0 radical (unpaired) electrons. The summed E-state index contributed by atoms with van der Waals surface area (Å²) in [4.78, 5) is 26.4. The highest BCUT2D eigenvalue weighted by Gasteiger charge is 2.75. The van der Waals surface area contributed by atoms with E-state index in [2.05, 4.69) is 20.8 Å². The Bertz CT molecular complexity index is 1050. The largest absolute Gasteiger partial charge is 0.394 e. The number of hydrogen-bond donors (Lipinski definition) is 2. The number of ether oxygens (including phenoxy) is 4. The fraction of sp³-hybridized carbons (Fsp3) is 0.806. The molecule has 8 nitrogen and oxygen atoms in total. The zero-order valence-electron chi connectivity index (χ0n) is 23.5. The minimum absolute atomic E-state index is 0.0204. The summed E-state index contributed by atoms with van der Waals surface area (Å²) in [5, 5.41) is 21.3. The van der Waals surface area contributed by atoms with Crippen LogP contribution in [0.25, 0.3) is 0 Å². The van der Waals surface area contributed by atoms with E-state index in [0.29, 0.717) is 25.7 Å². The fourth-order valence-electron chi connectivity index (χ4n) is 9.40. The van der Waals surface area contributed by atoms with Crippen LogP contribution < -0.4 is 0 Å². The Labute approximate surface area is 231 Å². The number of allylic oxidation sites excluding steroid dienone is 4. The third-order valence-electron chi connectivity index (χ3n) is 11.1. The van der Waals surface area contributed by atoms with Gasteiger partial charge in [0.05, 0.1) is 24.9 Å². The smallest absolute Gasteiger partial charge is 0.193 e. The first-order valence-electron chi connectivity index (χ1n) is 15.0. The number of aliphatic hydroxyl groups is 2. The Hall–Kier alpha value is -1.42. The molecule has 39 heavy (non-hydrogen) atoms. The minimum atomic E-state index is -1.19. The number of ketones is 2. The Morgan fingerprint density at radius 1 is 1.21 bits per heavy atom. The molecule has 3 unspecified atom stereocenters. The van der Waals surface area contributed by atoms with Crippen LogP contribution in [-0.4, -0.2) is 71.5 Å². The van der Waals surface area contributed by atoms with Gasteiger partial charge in [-0.3, -0.25) is 9.59 Å². The lowest BCUT2D eigenvalue weighted by Gasteiger charge is -2.59. The van der Waals surface area contributed by atoms with Gasteiger partial charge in [-0.05, 0) is 75.4 Å². The molecule has 0 aromatic heterocycles.